The van der Waals surface area contributed by atoms with E-state index in [0.717, 1.165) is 39.4 Å². The van der Waals surface area contributed by atoms with Gasteiger partial charge in [0.2, 0.25) is 0 Å². The van der Waals surface area contributed by atoms with Crippen molar-refractivity contribution in [2.45, 2.75) is 18.9 Å². The van der Waals surface area contributed by atoms with Crippen molar-refractivity contribution in [2.24, 2.45) is 0 Å². The van der Waals surface area contributed by atoms with Gasteiger partial charge in [-0.05, 0) is 38.6 Å². The van der Waals surface area contributed by atoms with Crippen LogP contribution < -0.4 is 5.32 Å². The number of hydrogen-bond acceptors (Lipinski definition) is 4. The molecular weight excluding hydrogens is 332 g/mol. The Morgan fingerprint density at radius 2 is 1.80 bits per heavy atom. The molecule has 1 aliphatic rings. The molecule has 0 bridgehead atoms. The van der Waals surface area contributed by atoms with Gasteiger partial charge in [0.1, 0.15) is 5.69 Å². The Bertz CT molecular complexity index is 879. The number of likely N-dealkylation sites (tertiary alicyclic amines) is 1. The average molecular weight is 353 g/mol. The van der Waals surface area contributed by atoms with Crippen molar-refractivity contribution in [1.82, 2.24) is 15.1 Å². The quantitative estimate of drug-likeness (QED) is 0.755. The van der Waals surface area contributed by atoms with Gasteiger partial charge in [-0.15, -0.1) is 10.2 Å². The fourth-order valence-corrected chi connectivity index (χ4v) is 3.64. The molecule has 1 aromatic heterocycles. The zero-order valence-electron chi connectivity index (χ0n) is 14.2. The molecule has 1 unspecified atom stereocenters. The van der Waals surface area contributed by atoms with Crippen LogP contribution in [0.15, 0.2) is 48.5 Å². The number of halogens is 1. The van der Waals surface area contributed by atoms with Crippen LogP contribution in [0.25, 0.3) is 22.0 Å². The number of nitrogens with zero attached hydrogens (tertiary/aromatic N) is 3. The number of anilines is 1. The maximum absolute atomic E-state index is 6.01. The Hall–Kier alpha value is -2.17. The smallest absolute Gasteiger partial charge is 0.156 e. The van der Waals surface area contributed by atoms with Crippen molar-refractivity contribution in [3.8, 4) is 11.3 Å². The second kappa shape index (κ2) is 6.98. The molecule has 2 heterocycles. The van der Waals surface area contributed by atoms with Crippen molar-refractivity contribution >= 4 is 28.2 Å². The number of benzene rings is 2. The van der Waals surface area contributed by atoms with Crippen LogP contribution in [-0.4, -0.2) is 41.3 Å². The van der Waals surface area contributed by atoms with Crippen molar-refractivity contribution in [3.63, 3.8) is 0 Å². The van der Waals surface area contributed by atoms with Gasteiger partial charge in [0, 0.05) is 33.9 Å². The lowest BCUT2D eigenvalue weighted by molar-refractivity contribution is 0.261. The van der Waals surface area contributed by atoms with Gasteiger partial charge in [-0.1, -0.05) is 48.0 Å². The van der Waals surface area contributed by atoms with E-state index in [9.17, 15) is 0 Å². The molecule has 0 saturated carbocycles. The summed E-state index contributed by atoms with van der Waals surface area (Å²) >= 11 is 6.01. The van der Waals surface area contributed by atoms with E-state index < -0.39 is 0 Å². The van der Waals surface area contributed by atoms with Crippen LogP contribution in [0.3, 0.4) is 0 Å². The lowest BCUT2D eigenvalue weighted by Gasteiger charge is -2.30. The summed E-state index contributed by atoms with van der Waals surface area (Å²) in [6.45, 7) is 2.20. The largest absolute Gasteiger partial charge is 0.364 e. The maximum Gasteiger partial charge on any atom is 0.156 e. The first-order valence-corrected chi connectivity index (χ1v) is 9.05. The molecule has 128 valence electrons. The molecule has 4 rings (SSSR count). The van der Waals surface area contributed by atoms with E-state index in [2.05, 4.69) is 39.6 Å². The fraction of sp³-hybridized carbons (Fsp3) is 0.300. The third kappa shape index (κ3) is 3.46. The number of likely N-dealkylation sites (N-methyl/N-ethyl adjacent to an activating group) is 1. The summed E-state index contributed by atoms with van der Waals surface area (Å²) in [5, 5.41) is 15.6. The highest BCUT2D eigenvalue weighted by Crippen LogP contribution is 2.31. The zero-order valence-corrected chi connectivity index (χ0v) is 15.0. The van der Waals surface area contributed by atoms with Gasteiger partial charge in [0.25, 0.3) is 0 Å². The lowest BCUT2D eigenvalue weighted by Crippen LogP contribution is -2.40. The normalized spacial score (nSPS) is 18.4. The molecular formula is C20H21ClN4. The Morgan fingerprint density at radius 1 is 1.04 bits per heavy atom. The van der Waals surface area contributed by atoms with Crippen LogP contribution in [0.1, 0.15) is 12.8 Å². The summed E-state index contributed by atoms with van der Waals surface area (Å²) < 4.78 is 0. The summed E-state index contributed by atoms with van der Waals surface area (Å²) in [5.41, 5.74) is 1.91. The molecule has 1 aliphatic heterocycles. The highest BCUT2D eigenvalue weighted by molar-refractivity contribution is 6.30. The molecule has 1 fully saturated rings. The maximum atomic E-state index is 6.01. The van der Waals surface area contributed by atoms with E-state index in [-0.39, 0.29) is 0 Å². The molecule has 1 N–H and O–H groups in total. The minimum absolute atomic E-state index is 0.415. The third-order valence-electron chi connectivity index (χ3n) is 4.77. The summed E-state index contributed by atoms with van der Waals surface area (Å²) in [7, 11) is 2.17. The highest BCUT2D eigenvalue weighted by atomic mass is 35.5. The molecule has 5 heteroatoms. The Labute approximate surface area is 152 Å². The van der Waals surface area contributed by atoms with Crippen molar-refractivity contribution < 1.29 is 0 Å². The number of nitrogens with one attached hydrogen (secondary N) is 1. The number of fused-ring (bicyclic) bond motifs is 1. The predicted molar refractivity (Wildman–Crippen MR) is 104 cm³/mol. The van der Waals surface area contributed by atoms with Gasteiger partial charge in [0.05, 0.1) is 0 Å². The van der Waals surface area contributed by atoms with Crippen LogP contribution in [0.5, 0.6) is 0 Å². The average Bonchev–Trinajstić information content (AvgIpc) is 2.63. The molecule has 1 atom stereocenters. The van der Waals surface area contributed by atoms with Gasteiger partial charge in [-0.25, -0.2) is 0 Å². The Balaban J connectivity index is 1.73. The highest BCUT2D eigenvalue weighted by Gasteiger charge is 2.19. The topological polar surface area (TPSA) is 41.0 Å². The van der Waals surface area contributed by atoms with E-state index in [4.69, 9.17) is 11.6 Å². The molecule has 0 radical (unpaired) electrons. The summed E-state index contributed by atoms with van der Waals surface area (Å²) in [6.07, 6.45) is 2.38. The minimum Gasteiger partial charge on any atom is -0.364 e. The van der Waals surface area contributed by atoms with Gasteiger partial charge < -0.3 is 10.2 Å². The molecule has 0 spiro atoms. The lowest BCUT2D eigenvalue weighted by atomic mass is 10.0. The molecule has 0 aliphatic carbocycles. The summed E-state index contributed by atoms with van der Waals surface area (Å²) in [5.74, 6) is 0.869. The molecule has 2 aromatic carbocycles. The Kier molecular flexibility index (Phi) is 4.55. The number of rotatable bonds is 3. The van der Waals surface area contributed by atoms with E-state index >= 15 is 0 Å². The van der Waals surface area contributed by atoms with Gasteiger partial charge >= 0.3 is 0 Å². The van der Waals surface area contributed by atoms with E-state index in [1.54, 1.807) is 0 Å². The number of piperidine rings is 1. The van der Waals surface area contributed by atoms with Crippen LogP contribution in [0, 0.1) is 0 Å². The number of aromatic nitrogens is 2. The predicted octanol–water partition coefficient (Wildman–Crippen LogP) is 4.46. The number of hydrogen-bond donors (Lipinski definition) is 1. The second-order valence-electron chi connectivity index (χ2n) is 6.70. The first-order chi connectivity index (χ1) is 12.2. The van der Waals surface area contributed by atoms with Crippen LogP contribution in [0.4, 0.5) is 5.82 Å². The summed E-state index contributed by atoms with van der Waals surface area (Å²) in [4.78, 5) is 2.36. The van der Waals surface area contributed by atoms with E-state index in [0.29, 0.717) is 6.04 Å². The zero-order chi connectivity index (χ0) is 17.2. The van der Waals surface area contributed by atoms with Crippen molar-refractivity contribution in [3.05, 3.63) is 53.6 Å². The van der Waals surface area contributed by atoms with Gasteiger partial charge in [-0.2, -0.15) is 0 Å². The standard InChI is InChI=1S/C20H21ClN4/c1-25-12-4-5-16(13-25)22-20-18-7-3-2-6-17(18)19(23-24-20)14-8-10-15(21)11-9-14/h2-3,6-11,16H,4-5,12-13H2,1H3,(H,22,24). The van der Waals surface area contributed by atoms with Crippen molar-refractivity contribution in [2.75, 3.05) is 25.5 Å². The molecule has 25 heavy (non-hydrogen) atoms. The van der Waals surface area contributed by atoms with Crippen LogP contribution >= 0.6 is 11.6 Å². The fourth-order valence-electron chi connectivity index (χ4n) is 3.51. The Morgan fingerprint density at radius 3 is 2.56 bits per heavy atom. The molecule has 1 saturated heterocycles. The SMILES string of the molecule is CN1CCCC(Nc2nnc(-c3ccc(Cl)cc3)c3ccccc23)C1. The van der Waals surface area contributed by atoms with E-state index in [1.807, 2.05) is 36.4 Å². The first-order valence-electron chi connectivity index (χ1n) is 8.67. The van der Waals surface area contributed by atoms with Gasteiger partial charge in [-0.3, -0.25) is 0 Å². The minimum atomic E-state index is 0.415. The van der Waals surface area contributed by atoms with E-state index in [1.165, 1.54) is 19.4 Å². The second-order valence-corrected chi connectivity index (χ2v) is 7.13. The van der Waals surface area contributed by atoms with Crippen molar-refractivity contribution in [1.29, 1.82) is 0 Å². The molecule has 4 nitrogen and oxygen atoms in total. The van der Waals surface area contributed by atoms with Gasteiger partial charge in [0.15, 0.2) is 5.82 Å². The molecule has 3 aromatic rings. The van der Waals surface area contributed by atoms with Crippen LogP contribution in [0.2, 0.25) is 5.02 Å². The molecule has 0 amide bonds. The third-order valence-corrected chi connectivity index (χ3v) is 5.02. The monoisotopic (exact) mass is 352 g/mol. The first kappa shape index (κ1) is 16.3. The summed E-state index contributed by atoms with van der Waals surface area (Å²) in [6, 6.07) is 16.5. The van der Waals surface area contributed by atoms with Crippen LogP contribution in [-0.2, 0) is 0 Å².